The van der Waals surface area contributed by atoms with Crippen LogP contribution >= 0.6 is 21.7 Å². The van der Waals surface area contributed by atoms with Crippen LogP contribution in [0, 0.1) is 47.3 Å². The first-order chi connectivity index (χ1) is 43.1. The number of azo groups is 2. The Morgan fingerprint density at radius 1 is 0.391 bits per heavy atom. The van der Waals surface area contributed by atoms with E-state index in [2.05, 4.69) is 84.3 Å². The van der Waals surface area contributed by atoms with Gasteiger partial charge in [-0.1, -0.05) is 0 Å². The van der Waals surface area contributed by atoms with Gasteiger partial charge in [-0.15, -0.1) is 0 Å². The topological polar surface area (TPSA) is 614 Å². The predicted molar refractivity (Wildman–Crippen MR) is 326 cm³/mol. The van der Waals surface area contributed by atoms with Crippen molar-refractivity contribution < 1.29 is 103 Å². The number of fused-ring (bicyclic) bond motifs is 2. The maximum Gasteiger partial charge on any atom is 0.306 e. The zero-order valence-corrected chi connectivity index (χ0v) is 53.7. The summed E-state index contributed by atoms with van der Waals surface area (Å²) in [4.78, 5) is 47.8. The van der Waals surface area contributed by atoms with Gasteiger partial charge in [0, 0.05) is 36.0 Å². The van der Waals surface area contributed by atoms with E-state index < -0.39 is 220 Å². The van der Waals surface area contributed by atoms with Gasteiger partial charge in [-0.2, -0.15) is 37.3 Å². The molecule has 0 bridgehead atoms. The molecule has 9 aliphatic rings. The van der Waals surface area contributed by atoms with Gasteiger partial charge >= 0.3 is 23.9 Å². The Morgan fingerprint density at radius 2 is 0.685 bits per heavy atom. The second kappa shape index (κ2) is 29.9. The Balaban J connectivity index is 0.837. The third-order valence-corrected chi connectivity index (χ3v) is 25.5. The van der Waals surface area contributed by atoms with Crippen LogP contribution in [0.3, 0.4) is 0 Å². The van der Waals surface area contributed by atoms with E-state index in [9.17, 15) is 103 Å². The Morgan fingerprint density at radius 3 is 0.957 bits per heavy atom. The number of carboxylic acid groups (broad SMARTS) is 4. The van der Waals surface area contributed by atoms with Crippen LogP contribution in [0.25, 0.3) is 0 Å². The van der Waals surface area contributed by atoms with Gasteiger partial charge in [-0.05, 0) is 129 Å². The lowest BCUT2D eigenvalue weighted by Crippen LogP contribution is -2.79. The molecule has 2 heterocycles. The summed E-state index contributed by atoms with van der Waals surface area (Å²) in [5.74, 6) is -12.6. The summed E-state index contributed by atoms with van der Waals surface area (Å²) >= 11 is 0. The Kier molecular flexibility index (Phi) is 23.7. The molecule has 38 nitrogen and oxygen atoms in total. The monoisotopic (exact) mass is 1400 g/mol. The number of aliphatic hydroxyl groups excluding tert-OH is 2. The van der Waals surface area contributed by atoms with Crippen molar-refractivity contribution in [1.29, 1.82) is 0 Å². The smallest absolute Gasteiger partial charge is 0.306 e. The molecule has 26 N–H and O–H groups in total. The highest BCUT2D eigenvalue weighted by Gasteiger charge is 2.58. The fourth-order valence-corrected chi connectivity index (χ4v) is 20.1. The lowest BCUT2D eigenvalue weighted by Gasteiger charge is -2.53. The first-order valence-corrected chi connectivity index (χ1v) is 37.1. The summed E-state index contributed by atoms with van der Waals surface area (Å²) in [6.07, 6.45) is -6.72. The van der Waals surface area contributed by atoms with E-state index in [-0.39, 0.29) is 89.1 Å². The number of nitrogens with one attached hydrogen (secondary N) is 12. The molecule has 7 saturated carbocycles. The van der Waals surface area contributed by atoms with Crippen molar-refractivity contribution in [2.24, 2.45) is 67.8 Å². The largest absolute Gasteiger partial charge is 0.481 e. The van der Waals surface area contributed by atoms with Crippen LogP contribution in [0.4, 0.5) is 0 Å². The zero-order chi connectivity index (χ0) is 67.1. The molecular weight excluding hydrogens is 1300 g/mol. The minimum Gasteiger partial charge on any atom is -0.481 e. The lowest BCUT2D eigenvalue weighted by atomic mass is 9.65. The molecule has 0 aromatic heterocycles. The van der Waals surface area contributed by atoms with Crippen molar-refractivity contribution in [2.75, 3.05) is 14.1 Å². The van der Waals surface area contributed by atoms with Crippen LogP contribution in [-0.2, 0) is 39.4 Å². The van der Waals surface area contributed by atoms with E-state index in [1.165, 1.54) is 0 Å². The molecule has 0 aromatic rings. The number of nitrogens with zero attached hydrogens (tertiary/aromatic N) is 4. The van der Waals surface area contributed by atoms with Gasteiger partial charge in [0.1, 0.15) is 49.8 Å². The average molecular weight is 1400 g/mol. The number of hydrogen-bond donors (Lipinski definition) is 26. The zero-order valence-electron chi connectivity index (χ0n) is 50.4. The second-order valence-electron chi connectivity index (χ2n) is 26.5. The summed E-state index contributed by atoms with van der Waals surface area (Å²) in [7, 11) is -15.1. The van der Waals surface area contributed by atoms with E-state index >= 15 is 0 Å². The number of carbonyl (C=O) groups is 4. The molecule has 0 amide bonds. The molecule has 2 aliphatic heterocycles. The molecule has 0 radical (unpaired) electrons. The van der Waals surface area contributed by atoms with Crippen LogP contribution in [0.2, 0.25) is 0 Å². The molecule has 92 heavy (non-hydrogen) atoms. The van der Waals surface area contributed by atoms with Gasteiger partial charge in [0.25, 0.3) is 20.2 Å². The average Bonchev–Trinajstić information content (AvgIpc) is 0.755. The lowest BCUT2D eigenvalue weighted by molar-refractivity contribution is -0.150. The number of rotatable bonds is 22. The normalized spacial score (nSPS) is 44.0. The molecule has 9 fully saturated rings. The predicted octanol–water partition coefficient (Wildman–Crippen LogP) is -2.07. The molecular formula is C50H92N16O22S4. The van der Waals surface area contributed by atoms with Crippen molar-refractivity contribution in [3.63, 3.8) is 0 Å². The third kappa shape index (κ3) is 17.9. The number of hydrogen-bond acceptors (Lipinski definition) is 32. The highest BCUT2D eigenvalue weighted by atomic mass is 32.3. The van der Waals surface area contributed by atoms with Crippen molar-refractivity contribution in [3.05, 3.63) is 0 Å². The van der Waals surface area contributed by atoms with Crippen LogP contribution in [0.1, 0.15) is 103 Å². The van der Waals surface area contributed by atoms with Gasteiger partial charge in [-0.3, -0.25) is 92.1 Å². The molecule has 9 rings (SSSR count). The van der Waals surface area contributed by atoms with E-state index in [0.717, 1.165) is 0 Å². The Bertz CT molecular complexity index is 2650. The highest BCUT2D eigenvalue weighted by Crippen LogP contribution is 2.56. The molecule has 2 saturated heterocycles. The molecule has 7 aliphatic carbocycles. The fraction of sp³-hybridized carbons (Fsp3) is 0.920. The third-order valence-electron chi connectivity index (χ3n) is 20.5. The summed E-state index contributed by atoms with van der Waals surface area (Å²) in [5.41, 5.74) is 0. The van der Waals surface area contributed by atoms with Crippen LogP contribution in [0.15, 0.2) is 20.5 Å². The first kappa shape index (κ1) is 73.1. The fourth-order valence-electron chi connectivity index (χ4n) is 16.0. The van der Waals surface area contributed by atoms with Crippen LogP contribution in [-0.4, -0.2) is 241 Å². The Labute approximate surface area is 534 Å². The maximum absolute atomic E-state index is 12.8. The minimum absolute atomic E-state index is 0.0760. The number of carboxylic acids is 4. The maximum atomic E-state index is 12.8. The standard InChI is InChI=1S/C50H92N16O22S4/c1-51-45-57-47(61-49(59-45)55-31-17-29(89(77,78)79)13-19-15-33(91(83,84)85)37(39(67)35(19)31)65-63-27-9-21(41(69)70)7-22(10-27)42(71)72)53-25-3-5-26(6-4-25)54-48-58-46(52-2)60-50(62-48)56-32-18-30(90(80,81)82)14-20-16-34(92(86,87)88)38(40(68)36(20)32)66-64-28-11-23(43(73)74)8-24(12-28)44(75)76/h19-40,45-62,67-68,83-88H,3-18H2,1-2H3,(H,69,70)(H,71,72)(H,73,74)(H,75,76)(H,77,78,79)(H,80,81,82). The van der Waals surface area contributed by atoms with Gasteiger partial charge in [-0.25, -0.2) is 0 Å². The van der Waals surface area contributed by atoms with Crippen molar-refractivity contribution in [3.8, 4) is 0 Å². The molecule has 42 heteroatoms. The summed E-state index contributed by atoms with van der Waals surface area (Å²) < 4.78 is 136. The van der Waals surface area contributed by atoms with E-state index in [4.69, 9.17) is 0 Å². The van der Waals surface area contributed by atoms with Crippen LogP contribution < -0.4 is 63.8 Å². The summed E-state index contributed by atoms with van der Waals surface area (Å²) in [5, 5.41) is 115. The van der Waals surface area contributed by atoms with Crippen LogP contribution in [0.5, 0.6) is 0 Å². The van der Waals surface area contributed by atoms with E-state index in [0.29, 0.717) is 25.7 Å². The summed E-state index contributed by atoms with van der Waals surface area (Å²) in [6.45, 7) is 0. The summed E-state index contributed by atoms with van der Waals surface area (Å²) in [6, 6.07) is -6.91. The molecule has 0 aromatic carbocycles. The van der Waals surface area contributed by atoms with E-state index in [1.54, 1.807) is 14.1 Å². The van der Waals surface area contributed by atoms with E-state index in [1.807, 2.05) is 0 Å². The minimum atomic E-state index is -4.71. The number of aliphatic hydroxyl groups is 2. The van der Waals surface area contributed by atoms with Crippen molar-refractivity contribution >= 4 is 65.9 Å². The van der Waals surface area contributed by atoms with Gasteiger partial charge in [0.05, 0.1) is 90.7 Å². The van der Waals surface area contributed by atoms with Crippen molar-refractivity contribution in [1.82, 2.24) is 63.8 Å². The second-order valence-corrected chi connectivity index (χ2v) is 33.3. The molecule has 0 spiro atoms. The van der Waals surface area contributed by atoms with Gasteiger partial charge < -0.3 is 58.0 Å². The SMILES string of the molecule is CNC1NC(NC2CCC(NC3NC(NC)NC(NC4CC(S(=O)(=O)O)CC5CC(S(O)(O)O)C(N=NC6CC(C(=O)O)CC(C(=O)O)C6)C(O)C54)N3)CC2)NC(NC2CC(S(=O)(=O)O)CC3CC(S(O)(O)O)C(N=NC4CC(C(=O)O)CC(C(=O)O)C4)C(O)C32)N1. The highest BCUT2D eigenvalue weighted by molar-refractivity contribution is 8.20. The number of aliphatic carboxylic acids is 4. The quantitative estimate of drug-likeness (QED) is 0.0409. The molecule has 24 atom stereocenters. The van der Waals surface area contributed by atoms with Gasteiger partial charge in [0.2, 0.25) is 0 Å². The molecule has 528 valence electrons. The van der Waals surface area contributed by atoms with Crippen molar-refractivity contribution in [2.45, 2.75) is 222 Å². The first-order valence-electron chi connectivity index (χ1n) is 31.0. The molecule has 24 unspecified atom stereocenters. The van der Waals surface area contributed by atoms with Gasteiger partial charge in [0.15, 0.2) is 0 Å². The Hall–Kier alpha value is -3.20.